The molecule has 1 fully saturated rings. The minimum absolute atomic E-state index is 0.00478. The van der Waals surface area contributed by atoms with E-state index < -0.39 is 5.60 Å². The number of hydrogen-bond acceptors (Lipinski definition) is 13. The molecule has 0 aromatic carbocycles. The third kappa shape index (κ3) is 9.60. The van der Waals surface area contributed by atoms with Gasteiger partial charge in [0, 0.05) is 62.6 Å². The molecule has 1 saturated heterocycles. The molecule has 16 heteroatoms. The zero-order valence-electron chi connectivity index (χ0n) is 32.3. The van der Waals surface area contributed by atoms with E-state index in [4.69, 9.17) is 23.7 Å². The lowest BCUT2D eigenvalue weighted by Crippen LogP contribution is -2.49. The van der Waals surface area contributed by atoms with Gasteiger partial charge >= 0.3 is 6.09 Å². The maximum atomic E-state index is 13.3. The van der Waals surface area contributed by atoms with Crippen LogP contribution in [0.1, 0.15) is 39.3 Å². The number of rotatable bonds is 10. The molecule has 7 rings (SSSR count). The Hall–Kier alpha value is -6.03. The van der Waals surface area contributed by atoms with E-state index in [9.17, 15) is 19.2 Å². The van der Waals surface area contributed by atoms with E-state index in [-0.39, 0.29) is 29.8 Å². The van der Waals surface area contributed by atoms with Crippen LogP contribution in [0.3, 0.4) is 0 Å². The molecule has 56 heavy (non-hydrogen) atoms. The van der Waals surface area contributed by atoms with E-state index >= 15 is 0 Å². The number of hydrogen-bond donors (Lipinski definition) is 0. The first-order chi connectivity index (χ1) is 27.0. The molecule has 5 aromatic rings. The van der Waals surface area contributed by atoms with Crippen molar-refractivity contribution in [1.82, 2.24) is 33.9 Å². The summed E-state index contributed by atoms with van der Waals surface area (Å²) in [5.74, 6) is 2.43. The molecular formula is C40H47N7O9. The number of pyridine rings is 5. The molecule has 0 radical (unpaired) electrons. The van der Waals surface area contributed by atoms with Crippen LogP contribution in [-0.4, -0.2) is 105 Å². The van der Waals surface area contributed by atoms with E-state index in [2.05, 4.69) is 19.9 Å². The van der Waals surface area contributed by atoms with Gasteiger partial charge in [-0.15, -0.1) is 0 Å². The summed E-state index contributed by atoms with van der Waals surface area (Å²) in [6.07, 6.45) is 6.76. The summed E-state index contributed by atoms with van der Waals surface area (Å²) >= 11 is 0. The standard InChI is InChI=1S/C29H37N5O6.C11H10N2O3/c1-29(2,3)40-28(36)34(19-20-15-25-26(18-30-20)39-14-13-38-25)21-7-9-32(10-8-21)11-12-33-24-16-22(37-4)17-31-23(24)5-6-27(33)35;1-16-8-6-10-9(12-7-8)2-3-11(15)13(10)4-5-14/h5-6,15-18,21H,7-14,19H2,1-4H3;2-3,5-7H,4H2,1H3. The summed E-state index contributed by atoms with van der Waals surface area (Å²) in [6, 6.07) is 11.7. The van der Waals surface area contributed by atoms with Gasteiger partial charge in [-0.25, -0.2) is 4.79 Å². The normalized spacial score (nSPS) is 14.4. The van der Waals surface area contributed by atoms with E-state index in [1.54, 1.807) is 59.4 Å². The lowest BCUT2D eigenvalue weighted by Gasteiger charge is -2.39. The number of carbonyl (C=O) groups is 2. The fourth-order valence-corrected chi connectivity index (χ4v) is 6.62. The van der Waals surface area contributed by atoms with Gasteiger partial charge in [0.1, 0.15) is 36.6 Å². The monoisotopic (exact) mass is 769 g/mol. The van der Waals surface area contributed by atoms with Crippen molar-refractivity contribution in [1.29, 1.82) is 0 Å². The first-order valence-corrected chi connectivity index (χ1v) is 18.4. The van der Waals surface area contributed by atoms with Gasteiger partial charge in [0.15, 0.2) is 11.5 Å². The minimum Gasteiger partial charge on any atom is -0.495 e. The van der Waals surface area contributed by atoms with E-state index in [0.717, 1.165) is 42.7 Å². The highest BCUT2D eigenvalue weighted by Gasteiger charge is 2.32. The van der Waals surface area contributed by atoms with Gasteiger partial charge in [0.25, 0.3) is 11.1 Å². The summed E-state index contributed by atoms with van der Waals surface area (Å²) in [7, 11) is 3.11. The quantitative estimate of drug-likeness (QED) is 0.187. The van der Waals surface area contributed by atoms with Crippen LogP contribution in [0.5, 0.6) is 23.0 Å². The predicted octanol–water partition coefficient (Wildman–Crippen LogP) is 4.08. The van der Waals surface area contributed by atoms with Crippen molar-refractivity contribution in [3.8, 4) is 23.0 Å². The molecule has 2 aliphatic rings. The Kier molecular flexibility index (Phi) is 12.5. The zero-order chi connectivity index (χ0) is 39.8. The summed E-state index contributed by atoms with van der Waals surface area (Å²) in [5, 5.41) is 0. The number of fused-ring (bicyclic) bond motifs is 3. The highest BCUT2D eigenvalue weighted by Crippen LogP contribution is 2.31. The fourth-order valence-electron chi connectivity index (χ4n) is 6.62. The summed E-state index contributed by atoms with van der Waals surface area (Å²) in [4.78, 5) is 65.2. The number of aromatic nitrogens is 5. The van der Waals surface area contributed by atoms with Crippen molar-refractivity contribution in [3.63, 3.8) is 0 Å². The van der Waals surface area contributed by atoms with Gasteiger partial charge in [-0.3, -0.25) is 34.0 Å². The number of likely N-dealkylation sites (tertiary alicyclic amines) is 1. The largest absolute Gasteiger partial charge is 0.495 e. The molecule has 0 aliphatic carbocycles. The average molecular weight is 770 g/mol. The number of ether oxygens (including phenoxy) is 5. The van der Waals surface area contributed by atoms with E-state index in [0.29, 0.717) is 73.2 Å². The molecule has 0 saturated carbocycles. The lowest BCUT2D eigenvalue weighted by atomic mass is 10.0. The van der Waals surface area contributed by atoms with Gasteiger partial charge in [-0.1, -0.05) is 0 Å². The van der Waals surface area contributed by atoms with Crippen molar-refractivity contribution < 1.29 is 33.3 Å². The number of amides is 1. The van der Waals surface area contributed by atoms with Crippen LogP contribution in [0.2, 0.25) is 0 Å². The molecule has 7 heterocycles. The third-order valence-corrected chi connectivity index (χ3v) is 9.44. The SMILES string of the molecule is COc1cnc2ccc(=O)n(CC=O)c2c1.COc1cnc2ccc(=O)n(CCN3CCC(N(Cc4cc5c(cn4)OCCO5)C(=O)OC(C)(C)C)CC3)c2c1. The van der Waals surface area contributed by atoms with Crippen molar-refractivity contribution in [2.24, 2.45) is 0 Å². The molecule has 0 N–H and O–H groups in total. The molecular weight excluding hydrogens is 722 g/mol. The first kappa shape index (κ1) is 39.7. The molecule has 0 atom stereocenters. The topological polar surface area (TPSA) is 169 Å². The highest BCUT2D eigenvalue weighted by molar-refractivity contribution is 5.77. The summed E-state index contributed by atoms with van der Waals surface area (Å²) in [6.45, 7) is 9.75. The highest BCUT2D eigenvalue weighted by atomic mass is 16.6. The second-order valence-electron chi connectivity index (χ2n) is 14.3. The Morgan fingerprint density at radius 3 is 2.00 bits per heavy atom. The molecule has 0 spiro atoms. The number of methoxy groups -OCH3 is 2. The number of carbonyl (C=O) groups excluding carboxylic acids is 2. The molecule has 16 nitrogen and oxygen atoms in total. The Morgan fingerprint density at radius 1 is 0.821 bits per heavy atom. The molecule has 1 amide bonds. The second-order valence-corrected chi connectivity index (χ2v) is 14.3. The molecule has 0 bridgehead atoms. The Bertz CT molecular complexity index is 2300. The van der Waals surface area contributed by atoms with Gasteiger partial charge in [-0.05, 0) is 45.7 Å². The summed E-state index contributed by atoms with van der Waals surface area (Å²) in [5.41, 5.74) is 2.57. The Labute approximate surface area is 323 Å². The smallest absolute Gasteiger partial charge is 0.410 e. The maximum Gasteiger partial charge on any atom is 0.410 e. The molecule has 2 aliphatic heterocycles. The minimum atomic E-state index is -0.612. The van der Waals surface area contributed by atoms with Crippen LogP contribution in [0.15, 0.2) is 70.6 Å². The summed E-state index contributed by atoms with van der Waals surface area (Å²) < 4.78 is 30.5. The third-order valence-electron chi connectivity index (χ3n) is 9.44. The lowest BCUT2D eigenvalue weighted by molar-refractivity contribution is -0.108. The van der Waals surface area contributed by atoms with Gasteiger partial charge in [-0.2, -0.15) is 0 Å². The van der Waals surface area contributed by atoms with Crippen molar-refractivity contribution >= 4 is 34.4 Å². The molecule has 5 aromatic heterocycles. The van der Waals surface area contributed by atoms with Crippen LogP contribution in [0, 0.1) is 0 Å². The van der Waals surface area contributed by atoms with Gasteiger partial charge < -0.3 is 37.9 Å². The van der Waals surface area contributed by atoms with Crippen molar-refractivity contribution in [2.45, 2.75) is 64.9 Å². The first-order valence-electron chi connectivity index (χ1n) is 18.4. The molecule has 0 unspecified atom stereocenters. The van der Waals surface area contributed by atoms with Crippen molar-refractivity contribution in [3.05, 3.63) is 87.5 Å². The maximum absolute atomic E-state index is 13.3. The van der Waals surface area contributed by atoms with Crippen LogP contribution < -0.4 is 30.1 Å². The second kappa shape index (κ2) is 17.6. The van der Waals surface area contributed by atoms with E-state index in [1.807, 2.05) is 32.9 Å². The van der Waals surface area contributed by atoms with Crippen molar-refractivity contribution in [2.75, 3.05) is 47.1 Å². The number of aldehydes is 1. The van der Waals surface area contributed by atoms with Gasteiger partial charge in [0.05, 0.1) is 73.7 Å². The molecule has 296 valence electrons. The van der Waals surface area contributed by atoms with Crippen LogP contribution in [0.4, 0.5) is 4.79 Å². The zero-order valence-corrected chi connectivity index (χ0v) is 32.3. The van der Waals surface area contributed by atoms with Crippen LogP contribution in [0.25, 0.3) is 22.1 Å². The Balaban J connectivity index is 0.000000277. The van der Waals surface area contributed by atoms with Gasteiger partial charge in [0.2, 0.25) is 0 Å². The van der Waals surface area contributed by atoms with E-state index in [1.165, 1.54) is 17.7 Å². The van der Waals surface area contributed by atoms with Crippen LogP contribution in [-0.2, 0) is 29.2 Å². The Morgan fingerprint density at radius 2 is 1.41 bits per heavy atom. The number of piperidine rings is 1. The fraction of sp³-hybridized carbons (Fsp3) is 0.425. The van der Waals surface area contributed by atoms with Crippen LogP contribution >= 0.6 is 0 Å². The number of nitrogens with zero attached hydrogens (tertiary/aromatic N) is 7. The predicted molar refractivity (Wildman–Crippen MR) is 208 cm³/mol. The average Bonchev–Trinajstić information content (AvgIpc) is 3.20.